The van der Waals surface area contributed by atoms with Gasteiger partial charge in [0.25, 0.3) is 0 Å². The van der Waals surface area contributed by atoms with Crippen molar-refractivity contribution in [1.82, 2.24) is 0 Å². The normalized spacial score (nSPS) is 8.00. The van der Waals surface area contributed by atoms with Crippen molar-refractivity contribution >= 4 is 27.7 Å². The molecule has 2 heteroatoms. The minimum atomic E-state index is -0.150. The zero-order valence-electron chi connectivity index (χ0n) is 4.28. The summed E-state index contributed by atoms with van der Waals surface area (Å²) in [4.78, 5) is 0. The average molecular weight is 96.2 g/mol. The number of hydrogen-bond donors (Lipinski definition) is 0. The van der Waals surface area contributed by atoms with Crippen LogP contribution in [-0.2, 0) is 0 Å². The summed E-state index contributed by atoms with van der Waals surface area (Å²) in [5, 5.41) is 0. The van der Waals surface area contributed by atoms with Gasteiger partial charge in [0.05, 0.1) is 0 Å². The van der Waals surface area contributed by atoms with Gasteiger partial charge in [-0.1, -0.05) is 26.1 Å². The first kappa shape index (κ1) is 9.94. The molecule has 0 fully saturated rings. The van der Waals surface area contributed by atoms with Gasteiger partial charge in [-0.15, -0.1) is 0 Å². The van der Waals surface area contributed by atoms with E-state index in [0.717, 1.165) is 0 Å². The van der Waals surface area contributed by atoms with Crippen LogP contribution in [0, 0.1) is 0 Å². The molecule has 0 heterocycles. The van der Waals surface area contributed by atoms with E-state index >= 15 is 0 Å². The quantitative estimate of drug-likeness (QED) is 0.424. The number of rotatable bonds is 1. The summed E-state index contributed by atoms with van der Waals surface area (Å²) in [6, 6.07) is 1.44. The molecule has 0 aromatic heterocycles. The van der Waals surface area contributed by atoms with Gasteiger partial charge in [0.15, 0.2) is 0 Å². The molecule has 0 aliphatic rings. The van der Waals surface area contributed by atoms with Gasteiger partial charge >= 0.3 is 18.9 Å². The van der Waals surface area contributed by atoms with Crippen molar-refractivity contribution < 1.29 is 0 Å². The zero-order valence-corrected chi connectivity index (χ0v) is 5.44. The Bertz CT molecular complexity index is 21.5. The average Bonchev–Trinajstić information content (AvgIpc) is 1.38. The van der Waals surface area contributed by atoms with Crippen LogP contribution in [-0.4, -0.2) is 27.7 Å². The molecule has 0 amide bonds. The molecule has 0 aromatic carbocycles. The fourth-order valence-corrected chi connectivity index (χ4v) is 0. The van der Waals surface area contributed by atoms with Crippen LogP contribution in [0.2, 0.25) is 19.1 Å². The Morgan fingerprint density at radius 3 is 1.50 bits per heavy atom. The van der Waals surface area contributed by atoms with E-state index in [0.29, 0.717) is 0 Å². The summed E-state index contributed by atoms with van der Waals surface area (Å²) < 4.78 is 0. The van der Waals surface area contributed by atoms with Gasteiger partial charge in [0.1, 0.15) is 0 Å². The van der Waals surface area contributed by atoms with Crippen LogP contribution in [0.5, 0.6) is 0 Å². The molecular formula is C4H13LiSi. The van der Waals surface area contributed by atoms with E-state index in [-0.39, 0.29) is 27.7 Å². The standard InChI is InChI=1S/C4H12Si.Li.H/c1-4-5(2)3;;/h5H,4H2,1-3H3;;. The van der Waals surface area contributed by atoms with Gasteiger partial charge in [0, 0.05) is 8.80 Å². The predicted octanol–water partition coefficient (Wildman–Crippen LogP) is 0.844. The van der Waals surface area contributed by atoms with Crippen LogP contribution in [0.15, 0.2) is 0 Å². The van der Waals surface area contributed by atoms with Gasteiger partial charge in [0.2, 0.25) is 0 Å². The first-order chi connectivity index (χ1) is 2.27. The van der Waals surface area contributed by atoms with E-state index in [1.54, 1.807) is 0 Å². The Morgan fingerprint density at radius 1 is 1.33 bits per heavy atom. The van der Waals surface area contributed by atoms with Gasteiger partial charge < -0.3 is 0 Å². The molecule has 0 aliphatic heterocycles. The van der Waals surface area contributed by atoms with E-state index < -0.39 is 0 Å². The Morgan fingerprint density at radius 2 is 1.50 bits per heavy atom. The Labute approximate surface area is 54.1 Å². The minimum absolute atomic E-state index is 0. The van der Waals surface area contributed by atoms with Gasteiger partial charge in [-0.05, 0) is 0 Å². The van der Waals surface area contributed by atoms with Crippen molar-refractivity contribution in [2.24, 2.45) is 0 Å². The molecule has 0 aliphatic carbocycles. The maximum absolute atomic E-state index is 2.36. The summed E-state index contributed by atoms with van der Waals surface area (Å²) in [6.45, 7) is 6.98. The molecule has 6 heavy (non-hydrogen) atoms. The SMILES string of the molecule is CC[SiH](C)C.[LiH]. The third kappa shape index (κ3) is 8.84. The monoisotopic (exact) mass is 96.1 g/mol. The van der Waals surface area contributed by atoms with Crippen molar-refractivity contribution in [2.45, 2.75) is 26.1 Å². The van der Waals surface area contributed by atoms with Crippen molar-refractivity contribution in [3.8, 4) is 0 Å². The van der Waals surface area contributed by atoms with E-state index in [2.05, 4.69) is 20.0 Å². The molecule has 0 atom stereocenters. The molecule has 0 rings (SSSR count). The third-order valence-corrected chi connectivity index (χ3v) is 2.45. The molecule has 0 N–H and O–H groups in total. The van der Waals surface area contributed by atoms with E-state index in [1.165, 1.54) is 6.04 Å². The molecule has 0 saturated carbocycles. The predicted molar refractivity (Wildman–Crippen MR) is 36.5 cm³/mol. The first-order valence-corrected chi connectivity index (χ1v) is 5.40. The maximum atomic E-state index is 2.36. The van der Waals surface area contributed by atoms with Crippen molar-refractivity contribution in [3.63, 3.8) is 0 Å². The summed E-state index contributed by atoms with van der Waals surface area (Å²) in [6.07, 6.45) is 0. The molecular weight excluding hydrogens is 83.1 g/mol. The third-order valence-electron chi connectivity index (χ3n) is 0.816. The van der Waals surface area contributed by atoms with Crippen molar-refractivity contribution in [2.75, 3.05) is 0 Å². The molecule has 34 valence electrons. The summed E-state index contributed by atoms with van der Waals surface area (Å²) in [5.74, 6) is 0. The summed E-state index contributed by atoms with van der Waals surface area (Å²) in [7, 11) is -0.150. The Hall–Kier alpha value is 0.814. The van der Waals surface area contributed by atoms with E-state index in [1.807, 2.05) is 0 Å². The number of hydrogen-bond acceptors (Lipinski definition) is 0. The molecule has 0 radical (unpaired) electrons. The summed E-state index contributed by atoms with van der Waals surface area (Å²) in [5.41, 5.74) is 0. The van der Waals surface area contributed by atoms with Crippen molar-refractivity contribution in [1.29, 1.82) is 0 Å². The first-order valence-electron chi connectivity index (χ1n) is 2.27. The van der Waals surface area contributed by atoms with Gasteiger partial charge in [-0.25, -0.2) is 0 Å². The topological polar surface area (TPSA) is 0 Å². The van der Waals surface area contributed by atoms with Crippen LogP contribution < -0.4 is 0 Å². The van der Waals surface area contributed by atoms with Crippen LogP contribution in [0.25, 0.3) is 0 Å². The Balaban J connectivity index is 0. The van der Waals surface area contributed by atoms with Crippen LogP contribution in [0.4, 0.5) is 0 Å². The van der Waals surface area contributed by atoms with E-state index in [9.17, 15) is 0 Å². The fraction of sp³-hybridized carbons (Fsp3) is 1.00. The second-order valence-electron chi connectivity index (χ2n) is 1.80. The zero-order chi connectivity index (χ0) is 4.28. The van der Waals surface area contributed by atoms with E-state index in [4.69, 9.17) is 0 Å². The second-order valence-corrected chi connectivity index (χ2v) is 5.41. The molecule has 0 nitrogen and oxygen atoms in total. The van der Waals surface area contributed by atoms with Crippen LogP contribution >= 0.6 is 0 Å². The molecule has 0 bridgehead atoms. The van der Waals surface area contributed by atoms with Crippen LogP contribution in [0.1, 0.15) is 6.92 Å². The molecule has 0 spiro atoms. The van der Waals surface area contributed by atoms with Gasteiger partial charge in [-0.3, -0.25) is 0 Å². The molecule has 0 aromatic rings. The second kappa shape index (κ2) is 5.81. The fourth-order valence-electron chi connectivity index (χ4n) is 0. The molecule has 0 saturated heterocycles. The van der Waals surface area contributed by atoms with Crippen molar-refractivity contribution in [3.05, 3.63) is 0 Å². The Kier molecular flexibility index (Phi) is 9.63. The van der Waals surface area contributed by atoms with Gasteiger partial charge in [-0.2, -0.15) is 0 Å². The summed E-state index contributed by atoms with van der Waals surface area (Å²) >= 11 is 0. The molecule has 0 unspecified atom stereocenters. The van der Waals surface area contributed by atoms with Crippen LogP contribution in [0.3, 0.4) is 0 Å².